The van der Waals surface area contributed by atoms with Crippen molar-refractivity contribution in [2.24, 2.45) is 17.3 Å². The number of benzene rings is 1. The lowest BCUT2D eigenvalue weighted by Gasteiger charge is -2.51. The van der Waals surface area contributed by atoms with E-state index in [9.17, 15) is 14.4 Å². The smallest absolute Gasteiger partial charge is 0.339 e. The van der Waals surface area contributed by atoms with Crippen molar-refractivity contribution in [3.05, 3.63) is 29.8 Å². The Hall–Kier alpha value is -2.28. The lowest BCUT2D eigenvalue weighted by Crippen LogP contribution is -2.50. The third kappa shape index (κ3) is 4.27. The van der Waals surface area contributed by atoms with E-state index in [-0.39, 0.29) is 34.1 Å². The lowest BCUT2D eigenvalue weighted by atomic mass is 9.52. The highest BCUT2D eigenvalue weighted by atomic mass is 32.1. The number of thiocarbonyl (C=S) groups is 1. The average molecular weight is 376 g/mol. The van der Waals surface area contributed by atoms with Gasteiger partial charge in [0.1, 0.15) is 5.78 Å². The number of carbonyl (C=O) groups excluding carboxylic acids is 3. The van der Waals surface area contributed by atoms with Crippen LogP contribution < -0.4 is 10.6 Å². The van der Waals surface area contributed by atoms with E-state index in [1.807, 2.05) is 13.8 Å². The quantitative estimate of drug-likeness (QED) is 0.607. The van der Waals surface area contributed by atoms with Crippen LogP contribution in [0.1, 0.15) is 44.0 Å². The Morgan fingerprint density at radius 1 is 1.27 bits per heavy atom. The summed E-state index contributed by atoms with van der Waals surface area (Å²) in [6.07, 6.45) is 1.03. The standard InChI is InChI=1S/C19H24N2O4S/c1-11(22)14-9-12(19(14,2)3)10-16(23)21-18(26)20-15-8-6-5-7-13(15)17(24)25-4/h5-8,12,14H,9-10H2,1-4H3,(H2,20,21,23,26)/t12-,14+/m0/s1. The third-order valence-corrected chi connectivity index (χ3v) is 5.43. The maximum atomic E-state index is 12.3. The topological polar surface area (TPSA) is 84.5 Å². The fraction of sp³-hybridized carbons (Fsp3) is 0.474. The number of rotatable bonds is 5. The summed E-state index contributed by atoms with van der Waals surface area (Å²) in [4.78, 5) is 35.6. The van der Waals surface area contributed by atoms with Gasteiger partial charge in [-0.3, -0.25) is 9.59 Å². The Kier molecular flexibility index (Phi) is 6.13. The number of Topliss-reactive ketones (excluding diaryl/α,β-unsaturated/α-hetero) is 1. The van der Waals surface area contributed by atoms with Gasteiger partial charge in [0, 0.05) is 12.3 Å². The highest BCUT2D eigenvalue weighted by molar-refractivity contribution is 7.80. The van der Waals surface area contributed by atoms with Gasteiger partial charge >= 0.3 is 5.97 Å². The van der Waals surface area contributed by atoms with Crippen LogP contribution in [0.4, 0.5) is 5.69 Å². The van der Waals surface area contributed by atoms with E-state index in [1.165, 1.54) is 7.11 Å². The van der Waals surface area contributed by atoms with E-state index in [0.29, 0.717) is 17.7 Å². The molecule has 2 rings (SSSR count). The van der Waals surface area contributed by atoms with Crippen LogP contribution in [0.3, 0.4) is 0 Å². The van der Waals surface area contributed by atoms with Crippen LogP contribution >= 0.6 is 12.2 Å². The molecule has 0 radical (unpaired) electrons. The zero-order valence-electron chi connectivity index (χ0n) is 15.4. The van der Waals surface area contributed by atoms with Crippen molar-refractivity contribution in [2.75, 3.05) is 12.4 Å². The summed E-state index contributed by atoms with van der Waals surface area (Å²) in [5, 5.41) is 5.61. The van der Waals surface area contributed by atoms with Crippen LogP contribution in [0, 0.1) is 17.3 Å². The molecule has 1 aromatic rings. The summed E-state index contributed by atoms with van der Waals surface area (Å²) in [5.41, 5.74) is 0.608. The fourth-order valence-electron chi connectivity index (χ4n) is 3.49. The van der Waals surface area contributed by atoms with Gasteiger partial charge in [0.05, 0.1) is 18.4 Å². The largest absolute Gasteiger partial charge is 0.465 e. The van der Waals surface area contributed by atoms with Crippen molar-refractivity contribution in [1.82, 2.24) is 5.32 Å². The Morgan fingerprint density at radius 3 is 2.50 bits per heavy atom. The molecule has 1 aliphatic rings. The van der Waals surface area contributed by atoms with Gasteiger partial charge in [-0.2, -0.15) is 0 Å². The second-order valence-corrected chi connectivity index (χ2v) is 7.57. The first kappa shape index (κ1) is 20.0. The molecule has 0 unspecified atom stereocenters. The number of hydrogen-bond donors (Lipinski definition) is 2. The molecule has 2 atom stereocenters. The van der Waals surface area contributed by atoms with Crippen molar-refractivity contribution in [3.63, 3.8) is 0 Å². The maximum absolute atomic E-state index is 12.3. The minimum absolute atomic E-state index is 0.0114. The predicted octanol–water partition coefficient (Wildman–Crippen LogP) is 2.93. The van der Waals surface area contributed by atoms with Gasteiger partial charge in [-0.1, -0.05) is 26.0 Å². The normalized spacial score (nSPS) is 20.5. The molecule has 6 nitrogen and oxygen atoms in total. The molecule has 1 aliphatic carbocycles. The first-order chi connectivity index (χ1) is 12.2. The third-order valence-electron chi connectivity index (χ3n) is 5.23. The second kappa shape index (κ2) is 7.95. The molecule has 1 saturated carbocycles. The average Bonchev–Trinajstić information content (AvgIpc) is 2.57. The van der Waals surface area contributed by atoms with Gasteiger partial charge in [0.25, 0.3) is 0 Å². The van der Waals surface area contributed by atoms with Crippen molar-refractivity contribution in [1.29, 1.82) is 0 Å². The van der Waals surface area contributed by atoms with Crippen LogP contribution in [0.15, 0.2) is 24.3 Å². The molecule has 0 aromatic heterocycles. The summed E-state index contributed by atoms with van der Waals surface area (Å²) in [5.74, 6) is -0.381. The number of para-hydroxylation sites is 1. The highest BCUT2D eigenvalue weighted by Gasteiger charge is 2.50. The number of ether oxygens (including phenoxy) is 1. The van der Waals surface area contributed by atoms with Crippen LogP contribution in [0.25, 0.3) is 0 Å². The summed E-state index contributed by atoms with van der Waals surface area (Å²) >= 11 is 5.17. The maximum Gasteiger partial charge on any atom is 0.339 e. The number of amides is 1. The molecule has 1 aromatic carbocycles. The number of ketones is 1. The molecule has 0 saturated heterocycles. The Balaban J connectivity index is 1.92. The van der Waals surface area contributed by atoms with Crippen molar-refractivity contribution >= 4 is 40.7 Å². The number of methoxy groups -OCH3 is 1. The summed E-state index contributed by atoms with van der Waals surface area (Å²) in [6.45, 7) is 5.63. The number of hydrogen-bond acceptors (Lipinski definition) is 5. The summed E-state index contributed by atoms with van der Waals surface area (Å²) in [7, 11) is 1.30. The van der Waals surface area contributed by atoms with Gasteiger partial charge in [0.2, 0.25) is 5.91 Å². The Labute approximate surface area is 158 Å². The molecule has 26 heavy (non-hydrogen) atoms. The van der Waals surface area contributed by atoms with Crippen molar-refractivity contribution in [2.45, 2.75) is 33.6 Å². The van der Waals surface area contributed by atoms with Gasteiger partial charge in [-0.05, 0) is 49.0 Å². The fourth-order valence-corrected chi connectivity index (χ4v) is 3.71. The zero-order chi connectivity index (χ0) is 19.5. The molecule has 0 bridgehead atoms. The molecule has 0 heterocycles. The summed E-state index contributed by atoms with van der Waals surface area (Å²) < 4.78 is 4.73. The van der Waals surface area contributed by atoms with Crippen LogP contribution in [-0.2, 0) is 14.3 Å². The van der Waals surface area contributed by atoms with Gasteiger partial charge in [-0.15, -0.1) is 0 Å². The molecule has 0 aliphatic heterocycles. The minimum Gasteiger partial charge on any atom is -0.465 e. The molecule has 1 fully saturated rings. The van der Waals surface area contributed by atoms with Gasteiger partial charge in [0.15, 0.2) is 5.11 Å². The van der Waals surface area contributed by atoms with E-state index in [2.05, 4.69) is 10.6 Å². The van der Waals surface area contributed by atoms with Gasteiger partial charge in [-0.25, -0.2) is 4.79 Å². The second-order valence-electron chi connectivity index (χ2n) is 7.16. The van der Waals surface area contributed by atoms with E-state index in [0.717, 1.165) is 6.42 Å². The first-order valence-corrected chi connectivity index (χ1v) is 8.86. The SMILES string of the molecule is COC(=O)c1ccccc1NC(=S)NC(=O)C[C@@H]1C[C@H](C(C)=O)C1(C)C. The zero-order valence-corrected chi connectivity index (χ0v) is 16.2. The number of nitrogens with one attached hydrogen (secondary N) is 2. The molecule has 2 N–H and O–H groups in total. The number of esters is 1. The lowest BCUT2D eigenvalue weighted by molar-refractivity contribution is -0.140. The molecule has 1 amide bonds. The van der Waals surface area contributed by atoms with Crippen molar-refractivity contribution in [3.8, 4) is 0 Å². The van der Waals surface area contributed by atoms with Crippen molar-refractivity contribution < 1.29 is 19.1 Å². The van der Waals surface area contributed by atoms with Gasteiger partial charge < -0.3 is 15.4 Å². The predicted molar refractivity (Wildman–Crippen MR) is 103 cm³/mol. The van der Waals surface area contributed by atoms with E-state index in [4.69, 9.17) is 17.0 Å². The van der Waals surface area contributed by atoms with Crippen LogP contribution in [0.2, 0.25) is 0 Å². The number of carbonyl (C=O) groups is 3. The summed E-state index contributed by atoms with van der Waals surface area (Å²) in [6, 6.07) is 6.75. The Morgan fingerprint density at radius 2 is 1.92 bits per heavy atom. The molecular weight excluding hydrogens is 352 g/mol. The molecule has 140 valence electrons. The highest BCUT2D eigenvalue weighted by Crippen LogP contribution is 2.53. The van der Waals surface area contributed by atoms with Crippen LogP contribution in [-0.4, -0.2) is 29.9 Å². The van der Waals surface area contributed by atoms with E-state index < -0.39 is 5.97 Å². The Bertz CT molecular complexity index is 745. The van der Waals surface area contributed by atoms with E-state index >= 15 is 0 Å². The van der Waals surface area contributed by atoms with Crippen LogP contribution in [0.5, 0.6) is 0 Å². The minimum atomic E-state index is -0.492. The first-order valence-electron chi connectivity index (χ1n) is 8.45. The van der Waals surface area contributed by atoms with E-state index in [1.54, 1.807) is 31.2 Å². The monoisotopic (exact) mass is 376 g/mol. The molecular formula is C19H24N2O4S. The number of anilines is 1. The molecule has 0 spiro atoms. The molecule has 7 heteroatoms.